The minimum atomic E-state index is -0.567. The number of carbonyl (C=O) groups is 1. The largest absolute Gasteiger partial charge is 0.455 e. The Balaban J connectivity index is 2.74. The Morgan fingerprint density at radius 3 is 2.33 bits per heavy atom. The fourth-order valence-corrected chi connectivity index (χ4v) is 2.24. The van der Waals surface area contributed by atoms with E-state index in [0.29, 0.717) is 25.1 Å². The topological polar surface area (TPSA) is 65.7 Å². The number of rotatable bonds is 9. The highest BCUT2D eigenvalue weighted by atomic mass is 16.4. The average Bonchev–Trinajstić information content (AvgIpc) is 2.99. The van der Waals surface area contributed by atoms with Gasteiger partial charge in [0.05, 0.1) is 18.7 Å². The highest BCUT2D eigenvalue weighted by Crippen LogP contribution is 2.17. The van der Waals surface area contributed by atoms with Crippen molar-refractivity contribution in [2.24, 2.45) is 0 Å². The number of nitrogens with one attached hydrogen (secondary N) is 1. The highest BCUT2D eigenvalue weighted by Gasteiger charge is 2.28. The molecule has 0 unspecified atom stereocenters. The van der Waals surface area contributed by atoms with Crippen molar-refractivity contribution in [1.29, 1.82) is 0 Å². The summed E-state index contributed by atoms with van der Waals surface area (Å²) >= 11 is 0. The Bertz CT molecular complexity index is 426. The van der Waals surface area contributed by atoms with E-state index in [4.69, 9.17) is 4.42 Å². The summed E-state index contributed by atoms with van der Waals surface area (Å²) in [5.74, 6) is 0.821. The average molecular weight is 296 g/mol. The first-order valence-electron chi connectivity index (χ1n) is 7.78. The predicted molar refractivity (Wildman–Crippen MR) is 83.2 cm³/mol. The maximum atomic E-state index is 12.2. The molecule has 2 N–H and O–H groups in total. The zero-order valence-electron chi connectivity index (χ0n) is 13.6. The van der Waals surface area contributed by atoms with Crippen molar-refractivity contribution in [3.63, 3.8) is 0 Å². The molecule has 0 fully saturated rings. The van der Waals surface area contributed by atoms with Gasteiger partial charge in [-0.05, 0) is 38.1 Å². The van der Waals surface area contributed by atoms with Crippen molar-refractivity contribution in [3.05, 3.63) is 23.7 Å². The number of aliphatic hydroxyl groups excluding tert-OH is 1. The number of hydrogen-bond donors (Lipinski definition) is 2. The minimum absolute atomic E-state index is 0.0707. The van der Waals surface area contributed by atoms with Crippen LogP contribution in [0.25, 0.3) is 0 Å². The molecule has 1 rings (SSSR count). The Morgan fingerprint density at radius 2 is 1.86 bits per heavy atom. The molecule has 1 aromatic rings. The molecule has 0 aliphatic heterocycles. The first-order chi connectivity index (χ1) is 10.0. The van der Waals surface area contributed by atoms with Gasteiger partial charge in [-0.1, -0.05) is 27.7 Å². The van der Waals surface area contributed by atoms with Crippen LogP contribution in [0.1, 0.15) is 56.9 Å². The van der Waals surface area contributed by atoms with Crippen LogP contribution in [0, 0.1) is 0 Å². The number of aliphatic hydroxyl groups is 1. The standard InChI is InChI=1S/C16H28N2O3/c1-5-16(6-2,12-19)17-15(20)14-10-9-13(21-14)11-18(7-3)8-4/h9-10,19H,5-8,11-12H2,1-4H3,(H,17,20). The summed E-state index contributed by atoms with van der Waals surface area (Å²) in [6.07, 6.45) is 1.36. The monoisotopic (exact) mass is 296 g/mol. The molecule has 1 amide bonds. The van der Waals surface area contributed by atoms with Crippen molar-refractivity contribution < 1.29 is 14.3 Å². The van der Waals surface area contributed by atoms with Gasteiger partial charge in [-0.15, -0.1) is 0 Å². The normalized spacial score (nSPS) is 11.9. The SMILES string of the molecule is CCN(CC)Cc1ccc(C(=O)NC(CC)(CC)CO)o1. The Labute approximate surface area is 127 Å². The van der Waals surface area contributed by atoms with Crippen LogP contribution in [0.4, 0.5) is 0 Å². The molecule has 0 aliphatic rings. The van der Waals surface area contributed by atoms with Gasteiger partial charge in [0.25, 0.3) is 5.91 Å². The molecule has 0 bridgehead atoms. The summed E-state index contributed by atoms with van der Waals surface area (Å²) in [7, 11) is 0. The number of amides is 1. The maximum absolute atomic E-state index is 12.2. The Hall–Kier alpha value is -1.33. The second kappa shape index (κ2) is 8.20. The summed E-state index contributed by atoms with van der Waals surface area (Å²) in [6.45, 7) is 10.6. The minimum Gasteiger partial charge on any atom is -0.455 e. The second-order valence-electron chi connectivity index (χ2n) is 5.33. The zero-order chi connectivity index (χ0) is 15.9. The molecule has 0 saturated carbocycles. The molecule has 0 spiro atoms. The number of nitrogens with zero attached hydrogens (tertiary/aromatic N) is 1. The molecule has 5 heteroatoms. The third kappa shape index (κ3) is 4.58. The lowest BCUT2D eigenvalue weighted by atomic mass is 9.94. The predicted octanol–water partition coefficient (Wildman–Crippen LogP) is 2.40. The Morgan fingerprint density at radius 1 is 1.24 bits per heavy atom. The van der Waals surface area contributed by atoms with Crippen molar-refractivity contribution >= 4 is 5.91 Å². The van der Waals surface area contributed by atoms with Crippen molar-refractivity contribution in [1.82, 2.24) is 10.2 Å². The van der Waals surface area contributed by atoms with Crippen LogP contribution in [0.2, 0.25) is 0 Å². The number of carbonyl (C=O) groups excluding carboxylic acids is 1. The highest BCUT2D eigenvalue weighted by molar-refractivity contribution is 5.92. The van der Waals surface area contributed by atoms with E-state index in [0.717, 1.165) is 18.8 Å². The van der Waals surface area contributed by atoms with E-state index in [9.17, 15) is 9.90 Å². The van der Waals surface area contributed by atoms with Gasteiger partial charge in [-0.25, -0.2) is 0 Å². The summed E-state index contributed by atoms with van der Waals surface area (Å²) in [6, 6.07) is 3.54. The fourth-order valence-electron chi connectivity index (χ4n) is 2.24. The lowest BCUT2D eigenvalue weighted by molar-refractivity contribution is 0.0787. The van der Waals surface area contributed by atoms with Gasteiger partial charge < -0.3 is 14.8 Å². The third-order valence-electron chi connectivity index (χ3n) is 4.19. The van der Waals surface area contributed by atoms with Gasteiger partial charge >= 0.3 is 0 Å². The first kappa shape index (κ1) is 17.7. The molecule has 0 aromatic carbocycles. The number of hydrogen-bond acceptors (Lipinski definition) is 4. The molecular weight excluding hydrogens is 268 g/mol. The molecule has 120 valence electrons. The molecule has 1 aromatic heterocycles. The first-order valence-corrected chi connectivity index (χ1v) is 7.78. The van der Waals surface area contributed by atoms with Crippen molar-refractivity contribution in [3.8, 4) is 0 Å². The van der Waals surface area contributed by atoms with Crippen LogP contribution < -0.4 is 5.32 Å². The van der Waals surface area contributed by atoms with Gasteiger partial charge in [0.15, 0.2) is 5.76 Å². The zero-order valence-corrected chi connectivity index (χ0v) is 13.6. The summed E-state index contributed by atoms with van der Waals surface area (Å²) in [4.78, 5) is 14.5. The maximum Gasteiger partial charge on any atom is 0.287 e. The van der Waals surface area contributed by atoms with Crippen LogP contribution in [-0.2, 0) is 6.54 Å². The molecule has 0 atom stereocenters. The summed E-state index contributed by atoms with van der Waals surface area (Å²) in [5, 5.41) is 12.4. The third-order valence-corrected chi connectivity index (χ3v) is 4.19. The van der Waals surface area contributed by atoms with Crippen LogP contribution in [0.3, 0.4) is 0 Å². The van der Waals surface area contributed by atoms with Gasteiger partial charge in [-0.3, -0.25) is 9.69 Å². The second-order valence-corrected chi connectivity index (χ2v) is 5.33. The smallest absolute Gasteiger partial charge is 0.287 e. The van der Waals surface area contributed by atoms with Crippen LogP contribution >= 0.6 is 0 Å². The molecule has 5 nitrogen and oxygen atoms in total. The lowest BCUT2D eigenvalue weighted by Crippen LogP contribution is -2.50. The van der Waals surface area contributed by atoms with E-state index in [1.165, 1.54) is 0 Å². The van der Waals surface area contributed by atoms with E-state index < -0.39 is 5.54 Å². The quantitative estimate of drug-likeness (QED) is 0.734. The lowest BCUT2D eigenvalue weighted by Gasteiger charge is -2.30. The molecule has 0 saturated heterocycles. The van der Waals surface area contributed by atoms with Gasteiger partial charge in [0.2, 0.25) is 0 Å². The van der Waals surface area contributed by atoms with Crippen LogP contribution in [0.15, 0.2) is 16.5 Å². The molecule has 0 aliphatic carbocycles. The van der Waals surface area contributed by atoms with E-state index in [2.05, 4.69) is 24.1 Å². The van der Waals surface area contributed by atoms with E-state index in [1.807, 2.05) is 19.9 Å². The van der Waals surface area contributed by atoms with E-state index in [-0.39, 0.29) is 12.5 Å². The van der Waals surface area contributed by atoms with Crippen LogP contribution in [-0.4, -0.2) is 41.1 Å². The number of furan rings is 1. The van der Waals surface area contributed by atoms with Gasteiger partial charge in [-0.2, -0.15) is 0 Å². The van der Waals surface area contributed by atoms with Gasteiger partial charge in [0.1, 0.15) is 5.76 Å². The van der Waals surface area contributed by atoms with Gasteiger partial charge in [0, 0.05) is 0 Å². The van der Waals surface area contributed by atoms with Crippen molar-refractivity contribution in [2.45, 2.75) is 52.6 Å². The summed E-state index contributed by atoms with van der Waals surface area (Å²) < 4.78 is 5.62. The fraction of sp³-hybridized carbons (Fsp3) is 0.688. The molecule has 21 heavy (non-hydrogen) atoms. The van der Waals surface area contributed by atoms with E-state index >= 15 is 0 Å². The molecular formula is C16H28N2O3. The molecule has 1 heterocycles. The van der Waals surface area contributed by atoms with Crippen molar-refractivity contribution in [2.75, 3.05) is 19.7 Å². The van der Waals surface area contributed by atoms with Crippen LogP contribution in [0.5, 0.6) is 0 Å². The Kier molecular flexibility index (Phi) is 6.92. The van der Waals surface area contributed by atoms with E-state index in [1.54, 1.807) is 6.07 Å². The molecule has 0 radical (unpaired) electrons. The summed E-state index contributed by atoms with van der Waals surface area (Å²) in [5.41, 5.74) is -0.567.